The molecule has 0 saturated carbocycles. The first-order valence-corrected chi connectivity index (χ1v) is 7.12. The molecule has 0 aliphatic rings. The molecule has 21 heavy (non-hydrogen) atoms. The molecule has 1 aromatic carbocycles. The van der Waals surface area contributed by atoms with E-state index in [9.17, 15) is 19.1 Å². The van der Waals surface area contributed by atoms with Gasteiger partial charge in [0.05, 0.1) is 18.9 Å². The Bertz CT molecular complexity index is 480. The summed E-state index contributed by atoms with van der Waals surface area (Å²) < 4.78 is 13.0. The quantitative estimate of drug-likeness (QED) is 0.630. The van der Waals surface area contributed by atoms with Crippen LogP contribution in [0.3, 0.4) is 0 Å². The fraction of sp³-hybridized carbons (Fsp3) is 0.467. The lowest BCUT2D eigenvalue weighted by molar-refractivity contribution is -0.682. The van der Waals surface area contributed by atoms with Crippen molar-refractivity contribution in [2.24, 2.45) is 0 Å². The van der Waals surface area contributed by atoms with Crippen molar-refractivity contribution < 1.29 is 24.4 Å². The third-order valence-corrected chi connectivity index (χ3v) is 3.08. The van der Waals surface area contributed by atoms with Gasteiger partial charge in [-0.15, -0.1) is 0 Å². The van der Waals surface area contributed by atoms with E-state index >= 15 is 0 Å². The predicted molar refractivity (Wildman–Crippen MR) is 74.8 cm³/mol. The van der Waals surface area contributed by atoms with Gasteiger partial charge in [-0.1, -0.05) is 19.4 Å². The molecular formula is C15H21FN2O3. The van der Waals surface area contributed by atoms with E-state index in [1.807, 2.05) is 0 Å². The van der Waals surface area contributed by atoms with Crippen molar-refractivity contribution in [2.75, 3.05) is 11.9 Å². The van der Waals surface area contributed by atoms with Crippen LogP contribution in [0.4, 0.5) is 10.1 Å². The monoisotopic (exact) mass is 296 g/mol. The second-order valence-corrected chi connectivity index (χ2v) is 4.92. The van der Waals surface area contributed by atoms with Gasteiger partial charge in [0.15, 0.2) is 0 Å². The summed E-state index contributed by atoms with van der Waals surface area (Å²) >= 11 is 0. The van der Waals surface area contributed by atoms with Gasteiger partial charge in [-0.25, -0.2) is 4.39 Å². The summed E-state index contributed by atoms with van der Waals surface area (Å²) in [7, 11) is 0. The average molecular weight is 296 g/mol. The molecule has 0 fully saturated rings. The van der Waals surface area contributed by atoms with E-state index < -0.39 is 23.7 Å². The number of halogens is 1. The van der Waals surface area contributed by atoms with Gasteiger partial charge < -0.3 is 20.5 Å². The molecule has 1 rings (SSSR count). The Morgan fingerprint density at radius 2 is 2.14 bits per heavy atom. The maximum atomic E-state index is 13.0. The van der Waals surface area contributed by atoms with E-state index in [0.717, 1.165) is 19.3 Å². The number of amides is 1. The molecule has 0 saturated heterocycles. The SMILES string of the molecule is CCCCC[NH2+][C@@H](CC(=O)Nc1cccc(F)c1)C(=O)[O-]. The van der Waals surface area contributed by atoms with Crippen molar-refractivity contribution in [1.82, 2.24) is 0 Å². The average Bonchev–Trinajstić information content (AvgIpc) is 2.42. The number of nitrogens with one attached hydrogen (secondary N) is 1. The Hall–Kier alpha value is -1.95. The minimum Gasteiger partial charge on any atom is -0.544 e. The van der Waals surface area contributed by atoms with Crippen LogP contribution in [0.2, 0.25) is 0 Å². The fourth-order valence-electron chi connectivity index (χ4n) is 1.95. The number of unbranched alkanes of at least 4 members (excludes halogenated alkanes) is 2. The number of hydrogen-bond acceptors (Lipinski definition) is 3. The molecule has 1 atom stereocenters. The molecule has 0 aliphatic heterocycles. The van der Waals surface area contributed by atoms with Crippen LogP contribution >= 0.6 is 0 Å². The van der Waals surface area contributed by atoms with Crippen LogP contribution in [0.15, 0.2) is 24.3 Å². The predicted octanol–water partition coefficient (Wildman–Crippen LogP) is 0.0264. The Morgan fingerprint density at radius 1 is 1.38 bits per heavy atom. The highest BCUT2D eigenvalue weighted by Crippen LogP contribution is 2.09. The number of benzene rings is 1. The molecule has 0 radical (unpaired) electrons. The van der Waals surface area contributed by atoms with E-state index in [2.05, 4.69) is 12.2 Å². The molecular weight excluding hydrogens is 275 g/mol. The zero-order valence-electron chi connectivity index (χ0n) is 12.1. The first kappa shape index (κ1) is 17.1. The number of quaternary nitrogens is 1. The van der Waals surface area contributed by atoms with Crippen LogP contribution < -0.4 is 15.7 Å². The lowest BCUT2D eigenvalue weighted by Crippen LogP contribution is -2.93. The molecule has 0 spiro atoms. The Kier molecular flexibility index (Phi) is 7.39. The molecule has 0 unspecified atom stereocenters. The minimum absolute atomic E-state index is 0.203. The van der Waals surface area contributed by atoms with Crippen molar-refractivity contribution in [3.05, 3.63) is 30.1 Å². The summed E-state index contributed by atoms with van der Waals surface area (Å²) in [5.74, 6) is -2.20. The van der Waals surface area contributed by atoms with Gasteiger partial charge in [0.1, 0.15) is 11.9 Å². The minimum atomic E-state index is -1.26. The summed E-state index contributed by atoms with van der Waals surface area (Å²) in [4.78, 5) is 22.8. The Labute approximate surface area is 123 Å². The van der Waals surface area contributed by atoms with Gasteiger partial charge in [0.25, 0.3) is 0 Å². The summed E-state index contributed by atoms with van der Waals surface area (Å²) in [6.07, 6.45) is 2.76. The topological polar surface area (TPSA) is 85.8 Å². The van der Waals surface area contributed by atoms with Crippen LogP contribution in [-0.4, -0.2) is 24.5 Å². The van der Waals surface area contributed by atoms with Gasteiger partial charge in [-0.05, 0) is 31.0 Å². The number of rotatable bonds is 9. The summed E-state index contributed by atoms with van der Waals surface area (Å²) in [5.41, 5.74) is 0.308. The number of anilines is 1. The first-order chi connectivity index (χ1) is 10.0. The van der Waals surface area contributed by atoms with E-state index in [1.165, 1.54) is 18.2 Å². The smallest absolute Gasteiger partial charge is 0.230 e. The molecule has 0 heterocycles. The zero-order chi connectivity index (χ0) is 15.7. The van der Waals surface area contributed by atoms with Crippen molar-refractivity contribution >= 4 is 17.6 Å². The second kappa shape index (κ2) is 9.07. The highest BCUT2D eigenvalue weighted by atomic mass is 19.1. The van der Waals surface area contributed by atoms with Gasteiger partial charge in [0.2, 0.25) is 5.91 Å². The molecule has 5 nitrogen and oxygen atoms in total. The molecule has 1 amide bonds. The number of carboxylic acid groups (broad SMARTS) is 1. The van der Waals surface area contributed by atoms with Crippen LogP contribution in [0.5, 0.6) is 0 Å². The number of carboxylic acids is 1. The summed E-state index contributed by atoms with van der Waals surface area (Å²) in [6.45, 7) is 2.70. The highest BCUT2D eigenvalue weighted by Gasteiger charge is 2.18. The van der Waals surface area contributed by atoms with Crippen molar-refractivity contribution in [1.29, 1.82) is 0 Å². The molecule has 3 N–H and O–H groups in total. The van der Waals surface area contributed by atoms with Gasteiger partial charge in [-0.2, -0.15) is 0 Å². The van der Waals surface area contributed by atoms with Crippen LogP contribution in [0.1, 0.15) is 32.6 Å². The van der Waals surface area contributed by atoms with E-state index in [-0.39, 0.29) is 6.42 Å². The first-order valence-electron chi connectivity index (χ1n) is 7.12. The molecule has 116 valence electrons. The van der Waals surface area contributed by atoms with Gasteiger partial charge in [0, 0.05) is 5.69 Å². The van der Waals surface area contributed by atoms with Gasteiger partial charge in [-0.3, -0.25) is 4.79 Å². The lowest BCUT2D eigenvalue weighted by Gasteiger charge is -2.16. The number of hydrogen-bond donors (Lipinski definition) is 2. The number of nitrogens with two attached hydrogens (primary N) is 1. The van der Waals surface area contributed by atoms with E-state index in [4.69, 9.17) is 0 Å². The van der Waals surface area contributed by atoms with Crippen LogP contribution in [0, 0.1) is 5.82 Å². The maximum absolute atomic E-state index is 13.0. The summed E-state index contributed by atoms with van der Waals surface area (Å²) in [5, 5.41) is 15.1. The molecule has 0 aliphatic carbocycles. The van der Waals surface area contributed by atoms with Crippen LogP contribution in [-0.2, 0) is 9.59 Å². The molecule has 1 aromatic rings. The van der Waals surface area contributed by atoms with Gasteiger partial charge >= 0.3 is 0 Å². The molecule has 6 heteroatoms. The van der Waals surface area contributed by atoms with Crippen molar-refractivity contribution in [3.63, 3.8) is 0 Å². The van der Waals surface area contributed by atoms with E-state index in [1.54, 1.807) is 11.4 Å². The largest absolute Gasteiger partial charge is 0.544 e. The Balaban J connectivity index is 2.46. The highest BCUT2D eigenvalue weighted by molar-refractivity contribution is 5.93. The standard InChI is InChI=1S/C15H21FN2O3/c1-2-3-4-8-17-13(15(20)21)10-14(19)18-12-7-5-6-11(16)9-12/h5-7,9,13,17H,2-4,8,10H2,1H3,(H,18,19)(H,20,21)/t13-/m0/s1. The lowest BCUT2D eigenvalue weighted by atomic mass is 10.1. The molecule has 0 bridgehead atoms. The normalized spacial score (nSPS) is 11.9. The third-order valence-electron chi connectivity index (χ3n) is 3.08. The second-order valence-electron chi connectivity index (χ2n) is 4.92. The number of aliphatic carboxylic acids is 1. The van der Waals surface area contributed by atoms with Crippen molar-refractivity contribution in [3.8, 4) is 0 Å². The Morgan fingerprint density at radius 3 is 2.76 bits per heavy atom. The van der Waals surface area contributed by atoms with Crippen molar-refractivity contribution in [2.45, 2.75) is 38.6 Å². The third kappa shape index (κ3) is 6.85. The van der Waals surface area contributed by atoms with Crippen LogP contribution in [0.25, 0.3) is 0 Å². The number of carbonyl (C=O) groups is 2. The molecule has 0 aromatic heterocycles. The maximum Gasteiger partial charge on any atom is 0.230 e. The zero-order valence-corrected chi connectivity index (χ0v) is 12.1. The fourth-order valence-corrected chi connectivity index (χ4v) is 1.95. The van der Waals surface area contributed by atoms with E-state index in [0.29, 0.717) is 12.2 Å². The number of carbonyl (C=O) groups excluding carboxylic acids is 2. The summed E-state index contributed by atoms with van der Waals surface area (Å²) in [6, 6.07) is 4.53.